The molecule has 6 heteroatoms. The van der Waals surface area contributed by atoms with Crippen LogP contribution in [0.15, 0.2) is 18.2 Å². The zero-order chi connectivity index (χ0) is 13.4. The first-order valence-electron chi connectivity index (χ1n) is 6.23. The number of β-amino-alcohol motifs (C(OH)–C–C–N with tert-alkyl or cyclic N) is 1. The molecule has 3 rings (SSSR count). The molecule has 2 aromatic rings. The van der Waals surface area contributed by atoms with Gasteiger partial charge in [0.15, 0.2) is 0 Å². The smallest absolute Gasteiger partial charge is 0.321 e. The lowest BCUT2D eigenvalue weighted by Gasteiger charge is -2.16. The number of nitrogens with zero attached hydrogens (tertiary/aromatic N) is 2. The van der Waals surface area contributed by atoms with Gasteiger partial charge in [-0.05, 0) is 31.5 Å². The first-order chi connectivity index (χ1) is 9.11. The lowest BCUT2D eigenvalue weighted by Crippen LogP contribution is -2.33. The number of rotatable bonds is 1. The summed E-state index contributed by atoms with van der Waals surface area (Å²) < 4.78 is 1.12. The van der Waals surface area contributed by atoms with Gasteiger partial charge in [-0.3, -0.25) is 0 Å². The summed E-state index contributed by atoms with van der Waals surface area (Å²) in [4.78, 5) is 18.0. The zero-order valence-corrected chi connectivity index (χ0v) is 11.4. The Labute approximate surface area is 114 Å². The van der Waals surface area contributed by atoms with E-state index in [0.717, 1.165) is 20.9 Å². The molecule has 1 saturated heterocycles. The Morgan fingerprint density at radius 1 is 1.58 bits per heavy atom. The summed E-state index contributed by atoms with van der Waals surface area (Å²) in [5.74, 6) is 0. The fourth-order valence-electron chi connectivity index (χ4n) is 2.25. The predicted octanol–water partition coefficient (Wildman–Crippen LogP) is 2.20. The van der Waals surface area contributed by atoms with Crippen molar-refractivity contribution in [1.82, 2.24) is 9.88 Å². The Kier molecular flexibility index (Phi) is 3.12. The second-order valence-corrected chi connectivity index (χ2v) is 5.97. The highest BCUT2D eigenvalue weighted by Crippen LogP contribution is 2.24. The van der Waals surface area contributed by atoms with E-state index in [4.69, 9.17) is 0 Å². The molecular formula is C13H15N3O2S. The summed E-state index contributed by atoms with van der Waals surface area (Å²) in [6, 6.07) is 5.56. The van der Waals surface area contributed by atoms with E-state index < -0.39 is 6.10 Å². The third-order valence-electron chi connectivity index (χ3n) is 3.20. The summed E-state index contributed by atoms with van der Waals surface area (Å²) in [6.07, 6.45) is 0.256. The number of anilines is 1. The van der Waals surface area contributed by atoms with Gasteiger partial charge in [-0.1, -0.05) is 0 Å². The lowest BCUT2D eigenvalue weighted by molar-refractivity contribution is 0.176. The van der Waals surface area contributed by atoms with Crippen LogP contribution < -0.4 is 5.32 Å². The SMILES string of the molecule is Cc1nc2cc(NC(=O)N3CC[C@@H](O)C3)ccc2s1. The molecule has 2 heterocycles. The van der Waals surface area contributed by atoms with Crippen LogP contribution >= 0.6 is 11.3 Å². The first-order valence-corrected chi connectivity index (χ1v) is 7.04. The van der Waals surface area contributed by atoms with Crippen LogP contribution in [0, 0.1) is 6.92 Å². The van der Waals surface area contributed by atoms with Crippen LogP contribution in [0.1, 0.15) is 11.4 Å². The third kappa shape index (κ3) is 2.54. The van der Waals surface area contributed by atoms with E-state index in [1.807, 2.05) is 25.1 Å². The highest BCUT2D eigenvalue weighted by Gasteiger charge is 2.24. The molecule has 0 bridgehead atoms. The molecule has 2 amide bonds. The monoisotopic (exact) mass is 277 g/mol. The minimum Gasteiger partial charge on any atom is -0.391 e. The molecule has 100 valence electrons. The molecule has 1 aliphatic rings. The summed E-state index contributed by atoms with van der Waals surface area (Å²) in [5, 5.41) is 13.3. The van der Waals surface area contributed by atoms with Crippen molar-refractivity contribution < 1.29 is 9.90 Å². The first kappa shape index (κ1) is 12.4. The number of amides is 2. The maximum absolute atomic E-state index is 12.0. The fourth-order valence-corrected chi connectivity index (χ4v) is 3.06. The van der Waals surface area contributed by atoms with Crippen LogP contribution in [0.2, 0.25) is 0 Å². The van der Waals surface area contributed by atoms with Crippen molar-refractivity contribution in [1.29, 1.82) is 0 Å². The van der Waals surface area contributed by atoms with Crippen molar-refractivity contribution >= 4 is 33.3 Å². The van der Waals surface area contributed by atoms with E-state index in [-0.39, 0.29) is 6.03 Å². The number of aliphatic hydroxyl groups excluding tert-OH is 1. The largest absolute Gasteiger partial charge is 0.391 e. The number of urea groups is 1. The number of carbonyl (C=O) groups excluding carboxylic acids is 1. The van der Waals surface area contributed by atoms with Crippen LogP contribution in [0.25, 0.3) is 10.2 Å². The summed E-state index contributed by atoms with van der Waals surface area (Å²) in [5.41, 5.74) is 1.64. The third-order valence-corrected chi connectivity index (χ3v) is 4.15. The Balaban J connectivity index is 1.75. The number of aliphatic hydroxyl groups is 1. The Hall–Kier alpha value is -1.66. The number of benzene rings is 1. The molecule has 0 spiro atoms. The number of carbonyl (C=O) groups is 1. The maximum Gasteiger partial charge on any atom is 0.321 e. The molecule has 0 unspecified atom stereocenters. The quantitative estimate of drug-likeness (QED) is 0.840. The number of nitrogens with one attached hydrogen (secondary N) is 1. The maximum atomic E-state index is 12.0. The predicted molar refractivity (Wildman–Crippen MR) is 75.6 cm³/mol. The number of hydrogen-bond donors (Lipinski definition) is 2. The number of aromatic nitrogens is 1. The Morgan fingerprint density at radius 2 is 2.42 bits per heavy atom. The molecule has 1 atom stereocenters. The highest BCUT2D eigenvalue weighted by molar-refractivity contribution is 7.18. The van der Waals surface area contributed by atoms with Crippen molar-refractivity contribution in [3.63, 3.8) is 0 Å². The highest BCUT2D eigenvalue weighted by atomic mass is 32.1. The van der Waals surface area contributed by atoms with E-state index in [9.17, 15) is 9.90 Å². The van der Waals surface area contributed by atoms with Crippen molar-refractivity contribution in [2.45, 2.75) is 19.4 Å². The van der Waals surface area contributed by atoms with Crippen molar-refractivity contribution in [3.8, 4) is 0 Å². The molecular weight excluding hydrogens is 262 g/mol. The van der Waals surface area contributed by atoms with Gasteiger partial charge in [-0.15, -0.1) is 11.3 Å². The Morgan fingerprint density at radius 3 is 3.16 bits per heavy atom. The second kappa shape index (κ2) is 4.79. The van der Waals surface area contributed by atoms with Gasteiger partial charge in [0.05, 0.1) is 21.3 Å². The number of aryl methyl sites for hydroxylation is 1. The van der Waals surface area contributed by atoms with Gasteiger partial charge in [0.25, 0.3) is 0 Å². The van der Waals surface area contributed by atoms with E-state index in [2.05, 4.69) is 10.3 Å². The minimum atomic E-state index is -0.394. The summed E-state index contributed by atoms with van der Waals surface area (Å²) >= 11 is 1.64. The van der Waals surface area contributed by atoms with E-state index in [1.54, 1.807) is 16.2 Å². The van der Waals surface area contributed by atoms with Crippen LogP contribution in [0.5, 0.6) is 0 Å². The van der Waals surface area contributed by atoms with E-state index >= 15 is 0 Å². The number of hydrogen-bond acceptors (Lipinski definition) is 4. The van der Waals surface area contributed by atoms with Gasteiger partial charge in [0.1, 0.15) is 0 Å². The van der Waals surface area contributed by atoms with Gasteiger partial charge in [0.2, 0.25) is 0 Å². The van der Waals surface area contributed by atoms with Gasteiger partial charge in [-0.2, -0.15) is 0 Å². The zero-order valence-electron chi connectivity index (χ0n) is 10.6. The van der Waals surface area contributed by atoms with E-state index in [1.165, 1.54) is 0 Å². The van der Waals surface area contributed by atoms with Crippen LogP contribution in [0.4, 0.5) is 10.5 Å². The summed E-state index contributed by atoms with van der Waals surface area (Å²) in [6.45, 7) is 2.98. The molecule has 0 aliphatic carbocycles. The lowest BCUT2D eigenvalue weighted by atomic mass is 10.3. The standard InChI is InChI=1S/C13H15N3O2S/c1-8-14-11-6-9(2-3-12(11)19-8)15-13(18)16-5-4-10(17)7-16/h2-3,6,10,17H,4-5,7H2,1H3,(H,15,18)/t10-/m1/s1. The summed E-state index contributed by atoms with van der Waals surface area (Å²) in [7, 11) is 0. The second-order valence-electron chi connectivity index (χ2n) is 4.73. The molecule has 1 aromatic heterocycles. The molecule has 1 aliphatic heterocycles. The topological polar surface area (TPSA) is 65.5 Å². The molecule has 1 fully saturated rings. The Bertz CT molecular complexity index is 625. The van der Waals surface area contributed by atoms with Gasteiger partial charge >= 0.3 is 6.03 Å². The van der Waals surface area contributed by atoms with Gasteiger partial charge < -0.3 is 15.3 Å². The molecule has 19 heavy (non-hydrogen) atoms. The van der Waals surface area contributed by atoms with Crippen LogP contribution in [-0.2, 0) is 0 Å². The number of likely N-dealkylation sites (tertiary alicyclic amines) is 1. The van der Waals surface area contributed by atoms with Crippen molar-refractivity contribution in [2.75, 3.05) is 18.4 Å². The molecule has 1 aromatic carbocycles. The molecule has 2 N–H and O–H groups in total. The molecule has 0 saturated carbocycles. The number of thiazole rings is 1. The van der Waals surface area contributed by atoms with Crippen molar-refractivity contribution in [2.24, 2.45) is 0 Å². The van der Waals surface area contributed by atoms with Crippen LogP contribution in [-0.4, -0.2) is 40.2 Å². The average molecular weight is 277 g/mol. The van der Waals surface area contributed by atoms with Crippen LogP contribution in [0.3, 0.4) is 0 Å². The van der Waals surface area contributed by atoms with Crippen molar-refractivity contribution in [3.05, 3.63) is 23.2 Å². The average Bonchev–Trinajstić information content (AvgIpc) is 2.93. The minimum absolute atomic E-state index is 0.164. The van der Waals surface area contributed by atoms with Gasteiger partial charge in [-0.25, -0.2) is 9.78 Å². The molecule has 0 radical (unpaired) electrons. The normalized spacial score (nSPS) is 19.1. The fraction of sp³-hybridized carbons (Fsp3) is 0.385. The number of fused-ring (bicyclic) bond motifs is 1. The van der Waals surface area contributed by atoms with E-state index in [0.29, 0.717) is 19.5 Å². The molecule has 5 nitrogen and oxygen atoms in total. The van der Waals surface area contributed by atoms with Gasteiger partial charge in [0, 0.05) is 18.8 Å².